The molecule has 0 saturated heterocycles. The minimum atomic E-state index is -0.0336. The van der Waals surface area contributed by atoms with Gasteiger partial charge in [-0.1, -0.05) is 45.4 Å². The molecule has 1 aromatic carbocycles. The van der Waals surface area contributed by atoms with E-state index in [0.29, 0.717) is 29.7 Å². The molecule has 0 fully saturated rings. The van der Waals surface area contributed by atoms with Gasteiger partial charge in [-0.3, -0.25) is 9.78 Å². The van der Waals surface area contributed by atoms with Crippen molar-refractivity contribution in [2.45, 2.75) is 40.2 Å². The van der Waals surface area contributed by atoms with Crippen LogP contribution in [0, 0.1) is 0 Å². The number of pyridine rings is 1. The number of carbonyl (C=O) groups excluding carboxylic acids is 1. The summed E-state index contributed by atoms with van der Waals surface area (Å²) in [4.78, 5) is 21.0. The number of anilines is 3. The standard InChI is InChI=1S/C28H38ClN7O2.C2H4/c1-6-36(7-2)15-14-31-26(37)18-35(5)24-17-32-34-28(27(24)20(3)4)33-21-11-12-25(23(29)16-21)38-19-22-10-8-9-13-30-22;1-2/h8-13,16-17,20H,6-7,14-15,18-19H2,1-5H3,(H,31,37)(H,33,34);1-2H2. The van der Waals surface area contributed by atoms with E-state index in [0.717, 1.165) is 42.3 Å². The van der Waals surface area contributed by atoms with Gasteiger partial charge in [-0.15, -0.1) is 18.3 Å². The molecule has 2 aromatic heterocycles. The minimum Gasteiger partial charge on any atom is -0.486 e. The van der Waals surface area contributed by atoms with E-state index in [1.54, 1.807) is 18.5 Å². The van der Waals surface area contributed by atoms with Crippen molar-refractivity contribution in [3.05, 3.63) is 78.2 Å². The number of ether oxygens (including phenoxy) is 1. The summed E-state index contributed by atoms with van der Waals surface area (Å²) in [5.74, 6) is 1.28. The number of hydrogen-bond acceptors (Lipinski definition) is 8. The number of rotatable bonds is 14. The monoisotopic (exact) mass is 567 g/mol. The van der Waals surface area contributed by atoms with Crippen molar-refractivity contribution >= 4 is 34.7 Å². The first-order valence-electron chi connectivity index (χ1n) is 13.5. The second-order valence-electron chi connectivity index (χ2n) is 9.26. The van der Waals surface area contributed by atoms with Crippen LogP contribution in [0.4, 0.5) is 17.2 Å². The molecule has 40 heavy (non-hydrogen) atoms. The van der Waals surface area contributed by atoms with Crippen LogP contribution in [0.25, 0.3) is 0 Å². The third-order valence-corrected chi connectivity index (χ3v) is 6.47. The molecule has 0 aliphatic carbocycles. The molecule has 0 aliphatic rings. The van der Waals surface area contributed by atoms with Gasteiger partial charge in [0.15, 0.2) is 5.82 Å². The van der Waals surface area contributed by atoms with Crippen molar-refractivity contribution in [3.8, 4) is 5.75 Å². The Bertz CT molecular complexity index is 1190. The maximum atomic E-state index is 12.6. The minimum absolute atomic E-state index is 0.0336. The summed E-state index contributed by atoms with van der Waals surface area (Å²) < 4.78 is 5.83. The largest absolute Gasteiger partial charge is 0.486 e. The van der Waals surface area contributed by atoms with Crippen LogP contribution in [0.1, 0.15) is 44.9 Å². The van der Waals surface area contributed by atoms with Gasteiger partial charge < -0.3 is 25.2 Å². The van der Waals surface area contributed by atoms with Crippen molar-refractivity contribution in [3.63, 3.8) is 0 Å². The lowest BCUT2D eigenvalue weighted by molar-refractivity contribution is -0.119. The second-order valence-corrected chi connectivity index (χ2v) is 9.67. The third-order valence-electron chi connectivity index (χ3n) is 6.18. The van der Waals surface area contributed by atoms with Gasteiger partial charge in [0.1, 0.15) is 12.4 Å². The number of benzene rings is 1. The normalized spacial score (nSPS) is 10.6. The number of carbonyl (C=O) groups is 1. The van der Waals surface area contributed by atoms with E-state index in [1.165, 1.54) is 0 Å². The van der Waals surface area contributed by atoms with Crippen molar-refractivity contribution in [1.29, 1.82) is 0 Å². The van der Waals surface area contributed by atoms with Crippen molar-refractivity contribution in [2.75, 3.05) is 50.0 Å². The lowest BCUT2D eigenvalue weighted by Gasteiger charge is -2.25. The Kier molecular flexibility index (Phi) is 13.9. The van der Waals surface area contributed by atoms with Crippen molar-refractivity contribution in [1.82, 2.24) is 25.4 Å². The number of nitrogens with zero attached hydrogens (tertiary/aromatic N) is 5. The molecular weight excluding hydrogens is 526 g/mol. The highest BCUT2D eigenvalue weighted by atomic mass is 35.5. The van der Waals surface area contributed by atoms with Crippen LogP contribution in [0.15, 0.2) is 61.9 Å². The van der Waals surface area contributed by atoms with E-state index in [2.05, 4.69) is 71.6 Å². The van der Waals surface area contributed by atoms with Crippen LogP contribution in [0.3, 0.4) is 0 Å². The number of halogens is 1. The van der Waals surface area contributed by atoms with Crippen LogP contribution >= 0.6 is 11.6 Å². The summed E-state index contributed by atoms with van der Waals surface area (Å²) in [6.45, 7) is 18.3. The van der Waals surface area contributed by atoms with Crippen LogP contribution in [-0.4, -0.2) is 65.8 Å². The zero-order valence-electron chi connectivity index (χ0n) is 24.3. The third kappa shape index (κ3) is 9.81. The lowest BCUT2D eigenvalue weighted by atomic mass is 10.0. The molecular formula is C30H42ClN7O2. The molecule has 2 N–H and O–H groups in total. The molecule has 1 amide bonds. The molecule has 0 atom stereocenters. The average molecular weight is 568 g/mol. The molecule has 0 radical (unpaired) electrons. The van der Waals surface area contributed by atoms with Gasteiger partial charge in [0, 0.05) is 37.6 Å². The van der Waals surface area contributed by atoms with E-state index < -0.39 is 0 Å². The molecule has 216 valence electrons. The van der Waals surface area contributed by atoms with Crippen LogP contribution in [0.5, 0.6) is 5.75 Å². The summed E-state index contributed by atoms with van der Waals surface area (Å²) in [5.41, 5.74) is 3.38. The number of hydrogen-bond donors (Lipinski definition) is 2. The first-order chi connectivity index (χ1) is 19.3. The van der Waals surface area contributed by atoms with E-state index in [-0.39, 0.29) is 18.4 Å². The highest BCUT2D eigenvalue weighted by molar-refractivity contribution is 6.32. The fourth-order valence-corrected chi connectivity index (χ4v) is 4.30. The van der Waals surface area contributed by atoms with Gasteiger partial charge in [0.25, 0.3) is 0 Å². The predicted octanol–water partition coefficient (Wildman–Crippen LogP) is 5.67. The Morgan fingerprint density at radius 2 is 1.90 bits per heavy atom. The summed E-state index contributed by atoms with van der Waals surface area (Å²) >= 11 is 6.51. The van der Waals surface area contributed by atoms with E-state index in [9.17, 15) is 4.79 Å². The van der Waals surface area contributed by atoms with Gasteiger partial charge in [-0.05, 0) is 49.3 Å². The van der Waals surface area contributed by atoms with Crippen LogP contribution in [-0.2, 0) is 11.4 Å². The summed E-state index contributed by atoms with van der Waals surface area (Å²) in [6.07, 6.45) is 3.43. The van der Waals surface area contributed by atoms with Gasteiger partial charge >= 0.3 is 0 Å². The summed E-state index contributed by atoms with van der Waals surface area (Å²) in [7, 11) is 1.89. The predicted molar refractivity (Wildman–Crippen MR) is 165 cm³/mol. The van der Waals surface area contributed by atoms with Crippen molar-refractivity contribution in [2.24, 2.45) is 0 Å². The Morgan fingerprint density at radius 1 is 1.15 bits per heavy atom. The SMILES string of the molecule is C=C.CCN(CC)CCNC(=O)CN(C)c1cnnc(Nc2ccc(OCc3ccccn3)c(Cl)c2)c1C(C)C. The van der Waals surface area contributed by atoms with Crippen LogP contribution in [0.2, 0.25) is 5.02 Å². The molecule has 0 spiro atoms. The molecule has 9 nitrogen and oxygen atoms in total. The Morgan fingerprint density at radius 3 is 2.52 bits per heavy atom. The average Bonchev–Trinajstić information content (AvgIpc) is 2.96. The zero-order chi connectivity index (χ0) is 29.5. The number of amides is 1. The fraction of sp³-hybridized carbons (Fsp3) is 0.400. The highest BCUT2D eigenvalue weighted by Gasteiger charge is 2.19. The van der Waals surface area contributed by atoms with E-state index in [1.807, 2.05) is 42.3 Å². The molecule has 0 aliphatic heterocycles. The quantitative estimate of drug-likeness (QED) is 0.241. The van der Waals surface area contributed by atoms with Gasteiger partial charge in [-0.25, -0.2) is 0 Å². The number of aromatic nitrogens is 3. The Labute approximate surface area is 243 Å². The second kappa shape index (κ2) is 17.1. The smallest absolute Gasteiger partial charge is 0.239 e. The Balaban J connectivity index is 0.00000274. The Hall–Kier alpha value is -3.69. The van der Waals surface area contributed by atoms with E-state index in [4.69, 9.17) is 16.3 Å². The maximum absolute atomic E-state index is 12.6. The molecule has 0 bridgehead atoms. The first kappa shape index (κ1) is 32.5. The lowest BCUT2D eigenvalue weighted by Crippen LogP contribution is -2.40. The molecule has 0 unspecified atom stereocenters. The van der Waals surface area contributed by atoms with Gasteiger partial charge in [0.05, 0.1) is 29.1 Å². The van der Waals surface area contributed by atoms with Gasteiger partial charge in [-0.2, -0.15) is 5.10 Å². The molecule has 3 rings (SSSR count). The molecule has 0 saturated carbocycles. The van der Waals surface area contributed by atoms with E-state index >= 15 is 0 Å². The fourth-order valence-electron chi connectivity index (χ4n) is 4.07. The zero-order valence-corrected chi connectivity index (χ0v) is 25.0. The highest BCUT2D eigenvalue weighted by Crippen LogP contribution is 2.35. The topological polar surface area (TPSA) is 95.5 Å². The number of nitrogens with one attached hydrogen (secondary N) is 2. The number of likely N-dealkylation sites (N-methyl/N-ethyl adjacent to an activating group) is 2. The molecule has 10 heteroatoms. The summed E-state index contributed by atoms with van der Waals surface area (Å²) in [6, 6.07) is 11.2. The molecule has 2 heterocycles. The van der Waals surface area contributed by atoms with Crippen molar-refractivity contribution < 1.29 is 9.53 Å². The van der Waals surface area contributed by atoms with Crippen LogP contribution < -0.4 is 20.3 Å². The first-order valence-corrected chi connectivity index (χ1v) is 13.8. The maximum Gasteiger partial charge on any atom is 0.239 e. The van der Waals surface area contributed by atoms with Gasteiger partial charge in [0.2, 0.25) is 5.91 Å². The summed E-state index contributed by atoms with van der Waals surface area (Å²) in [5, 5.41) is 15.4. The molecule has 3 aromatic rings.